The second kappa shape index (κ2) is 8.89. The molecule has 136 valence electrons. The van der Waals surface area contributed by atoms with Gasteiger partial charge in [-0.2, -0.15) is 0 Å². The van der Waals surface area contributed by atoms with Crippen molar-refractivity contribution in [3.8, 4) is 5.75 Å². The van der Waals surface area contributed by atoms with E-state index in [1.807, 2.05) is 32.0 Å². The Morgan fingerprint density at radius 1 is 1.08 bits per heavy atom. The first-order chi connectivity index (χ1) is 10.8. The fraction of sp³-hybridized carbons (Fsp3) is 0.125. The summed E-state index contributed by atoms with van der Waals surface area (Å²) in [6, 6.07) is 7.30. The number of non-ortho nitro benzene ring substituents is 1. The van der Waals surface area contributed by atoms with Crippen molar-refractivity contribution in [1.82, 2.24) is 0 Å². The fourth-order valence-corrected chi connectivity index (χ4v) is 2.11. The summed E-state index contributed by atoms with van der Waals surface area (Å²) in [6.45, 7) is 3.69. The molecule has 2 rings (SSSR count). The molecule has 2 aromatic rings. The average Bonchev–Trinajstić information content (AvgIpc) is 2.47. The van der Waals surface area contributed by atoms with Crippen LogP contribution in [0, 0.1) is 41.5 Å². The van der Waals surface area contributed by atoms with Crippen molar-refractivity contribution >= 4 is 23.3 Å². The molecule has 0 radical (unpaired) electrons. The van der Waals surface area contributed by atoms with Crippen molar-refractivity contribution in [1.29, 1.82) is 0 Å². The van der Waals surface area contributed by atoms with Gasteiger partial charge in [-0.1, -0.05) is 18.2 Å². The van der Waals surface area contributed by atoms with Crippen LogP contribution in [0.4, 0.5) is 17.1 Å². The predicted molar refractivity (Wildman–Crippen MR) is 91.0 cm³/mol. The van der Waals surface area contributed by atoms with Gasteiger partial charge in [0.15, 0.2) is 0 Å². The maximum Gasteiger partial charge on any atom is 0.318 e. The zero-order valence-electron chi connectivity index (χ0n) is 13.7. The standard InChI is InChI=1S/C15H13N3O5.CH3.Ni/c1-9-4-3-5-10(2)14(9)16-8-11-6-12(17(20)21)7-13(15(11)19)18(22)23;;/h3-8,19H,1-2H3;1H3;/q;-1;. The van der Waals surface area contributed by atoms with Gasteiger partial charge in [-0.05, 0) is 25.0 Å². The van der Waals surface area contributed by atoms with E-state index in [1.54, 1.807) is 0 Å². The van der Waals surface area contributed by atoms with E-state index in [0.29, 0.717) is 11.8 Å². The molecule has 1 N–H and O–H groups in total. The SMILES string of the molecule is Cc1cccc(C)c1N=Cc1cc([N+](=O)[O-])cc([N+](=O)[O-])c1O.[CH3-].[Ni]. The second-order valence-electron chi connectivity index (χ2n) is 4.92. The molecule has 0 aromatic heterocycles. The third-order valence-corrected chi connectivity index (χ3v) is 3.28. The molecule has 0 atom stereocenters. The molecular formula is C16H16N3NiO5-. The third kappa shape index (κ3) is 4.84. The van der Waals surface area contributed by atoms with Crippen LogP contribution in [0.25, 0.3) is 0 Å². The number of aromatic hydroxyl groups is 1. The molecule has 0 amide bonds. The van der Waals surface area contributed by atoms with Gasteiger partial charge < -0.3 is 12.5 Å². The molecule has 25 heavy (non-hydrogen) atoms. The Balaban J connectivity index is 0.00000288. The fourth-order valence-electron chi connectivity index (χ4n) is 2.11. The van der Waals surface area contributed by atoms with Gasteiger partial charge in [0.05, 0.1) is 21.6 Å². The largest absolute Gasteiger partial charge is 0.502 e. The summed E-state index contributed by atoms with van der Waals surface area (Å²) in [4.78, 5) is 24.4. The van der Waals surface area contributed by atoms with Crippen LogP contribution in [0.3, 0.4) is 0 Å². The van der Waals surface area contributed by atoms with Gasteiger partial charge in [-0.15, -0.1) is 0 Å². The smallest absolute Gasteiger partial charge is 0.318 e. The van der Waals surface area contributed by atoms with E-state index in [1.165, 1.54) is 6.21 Å². The zero-order valence-corrected chi connectivity index (χ0v) is 14.7. The Bertz CT molecular complexity index is 817. The molecule has 0 heterocycles. The van der Waals surface area contributed by atoms with E-state index >= 15 is 0 Å². The van der Waals surface area contributed by atoms with Crippen molar-refractivity contribution < 1.29 is 31.4 Å². The predicted octanol–water partition coefficient (Wildman–Crippen LogP) is 4.02. The van der Waals surface area contributed by atoms with Gasteiger partial charge in [-0.25, -0.2) is 0 Å². The number of phenols is 1. The van der Waals surface area contributed by atoms with Crippen molar-refractivity contribution in [2.75, 3.05) is 0 Å². The number of aliphatic imine (C=N–C) groups is 1. The minimum Gasteiger partial charge on any atom is -0.502 e. The zero-order chi connectivity index (χ0) is 17.1. The monoisotopic (exact) mass is 388 g/mol. The van der Waals surface area contributed by atoms with Crippen LogP contribution >= 0.6 is 0 Å². The Morgan fingerprint density at radius 2 is 1.64 bits per heavy atom. The van der Waals surface area contributed by atoms with Crippen LogP contribution in [-0.2, 0) is 16.5 Å². The van der Waals surface area contributed by atoms with Crippen LogP contribution in [0.2, 0.25) is 0 Å². The number of rotatable bonds is 4. The number of hydrogen-bond acceptors (Lipinski definition) is 6. The molecule has 2 aromatic carbocycles. The van der Waals surface area contributed by atoms with E-state index < -0.39 is 27.0 Å². The van der Waals surface area contributed by atoms with E-state index in [0.717, 1.165) is 17.2 Å². The Labute approximate surface area is 154 Å². The molecule has 0 saturated heterocycles. The van der Waals surface area contributed by atoms with E-state index in [-0.39, 0.29) is 29.5 Å². The maximum atomic E-state index is 10.9. The molecule has 9 heteroatoms. The summed E-state index contributed by atoms with van der Waals surface area (Å²) in [5, 5.41) is 31.7. The number of para-hydroxylation sites is 1. The number of aryl methyl sites for hydroxylation is 2. The van der Waals surface area contributed by atoms with Gasteiger partial charge in [0.25, 0.3) is 5.69 Å². The first kappa shape index (κ1) is 22.2. The number of nitro groups is 2. The van der Waals surface area contributed by atoms with Crippen molar-refractivity contribution in [2.45, 2.75) is 13.8 Å². The van der Waals surface area contributed by atoms with Crippen molar-refractivity contribution in [2.24, 2.45) is 4.99 Å². The van der Waals surface area contributed by atoms with Gasteiger partial charge in [0.2, 0.25) is 5.75 Å². The van der Waals surface area contributed by atoms with Crippen LogP contribution < -0.4 is 0 Å². The van der Waals surface area contributed by atoms with Gasteiger partial charge >= 0.3 is 5.69 Å². The van der Waals surface area contributed by atoms with Crippen LogP contribution in [0.5, 0.6) is 5.75 Å². The molecule has 0 bridgehead atoms. The van der Waals surface area contributed by atoms with E-state index in [4.69, 9.17) is 0 Å². The molecule has 0 spiro atoms. The molecule has 0 aliphatic rings. The molecule has 0 aliphatic heterocycles. The summed E-state index contributed by atoms with van der Waals surface area (Å²) in [6.07, 6.45) is 1.19. The summed E-state index contributed by atoms with van der Waals surface area (Å²) in [7, 11) is 0. The minimum absolute atomic E-state index is 0. The molecule has 0 fully saturated rings. The first-order valence-electron chi connectivity index (χ1n) is 6.57. The maximum absolute atomic E-state index is 10.9. The van der Waals surface area contributed by atoms with Crippen LogP contribution in [0.15, 0.2) is 35.3 Å². The van der Waals surface area contributed by atoms with Gasteiger partial charge in [-0.3, -0.25) is 25.2 Å². The summed E-state index contributed by atoms with van der Waals surface area (Å²) in [5.74, 6) is -0.657. The quantitative estimate of drug-likeness (QED) is 0.279. The number of benzene rings is 2. The number of nitro benzene ring substituents is 2. The van der Waals surface area contributed by atoms with Crippen LogP contribution in [-0.4, -0.2) is 21.2 Å². The molecule has 0 aliphatic carbocycles. The van der Waals surface area contributed by atoms with Crippen molar-refractivity contribution in [3.05, 3.63) is 74.7 Å². The normalized spacial score (nSPS) is 10.0. The second-order valence-corrected chi connectivity index (χ2v) is 4.92. The molecule has 8 nitrogen and oxygen atoms in total. The number of hydrogen-bond donors (Lipinski definition) is 1. The van der Waals surface area contributed by atoms with E-state index in [9.17, 15) is 25.3 Å². The summed E-state index contributed by atoms with van der Waals surface area (Å²) < 4.78 is 0. The first-order valence-corrected chi connectivity index (χ1v) is 6.57. The Morgan fingerprint density at radius 3 is 2.12 bits per heavy atom. The van der Waals surface area contributed by atoms with Crippen molar-refractivity contribution in [3.63, 3.8) is 0 Å². The summed E-state index contributed by atoms with van der Waals surface area (Å²) >= 11 is 0. The topological polar surface area (TPSA) is 119 Å². The number of nitrogens with zero attached hydrogens (tertiary/aromatic N) is 3. The van der Waals surface area contributed by atoms with Crippen LogP contribution in [0.1, 0.15) is 16.7 Å². The third-order valence-electron chi connectivity index (χ3n) is 3.28. The average molecular weight is 389 g/mol. The minimum atomic E-state index is -0.876. The Kier molecular flexibility index (Phi) is 7.89. The molecule has 0 saturated carbocycles. The molecular weight excluding hydrogens is 373 g/mol. The van der Waals surface area contributed by atoms with Gasteiger partial charge in [0, 0.05) is 34.3 Å². The molecule has 0 unspecified atom stereocenters. The summed E-state index contributed by atoms with van der Waals surface area (Å²) in [5.41, 5.74) is 1.08. The number of phenolic OH excluding ortho intramolecular Hbond substituents is 1. The van der Waals surface area contributed by atoms with Gasteiger partial charge in [0.1, 0.15) is 0 Å². The van der Waals surface area contributed by atoms with E-state index in [2.05, 4.69) is 4.99 Å². The Hall–Kier alpha value is -2.80.